The van der Waals surface area contributed by atoms with Crippen molar-refractivity contribution in [1.82, 2.24) is 4.90 Å². The summed E-state index contributed by atoms with van der Waals surface area (Å²) in [5, 5.41) is 9.74. The first-order chi connectivity index (χ1) is 16.2. The Bertz CT molecular complexity index is 1200. The fourth-order valence-electron chi connectivity index (χ4n) is 4.26. The molecule has 1 N–H and O–H groups in total. The highest BCUT2D eigenvalue weighted by Crippen LogP contribution is 2.37. The largest absolute Gasteiger partial charge is 0.487 e. The number of nitrogens with zero attached hydrogens (tertiary/aromatic N) is 1. The number of halogens is 2. The van der Waals surface area contributed by atoms with E-state index in [0.29, 0.717) is 23.4 Å². The second-order valence-electron chi connectivity index (χ2n) is 8.85. The van der Waals surface area contributed by atoms with Crippen LogP contribution in [-0.2, 0) is 24.2 Å². The first-order valence-corrected chi connectivity index (χ1v) is 11.4. The third kappa shape index (κ3) is 5.75. The number of fused-ring (bicyclic) bond motifs is 1. The van der Waals surface area contributed by atoms with Gasteiger partial charge in [0.1, 0.15) is 17.2 Å². The monoisotopic (exact) mass is 481 g/mol. The molecule has 0 aliphatic carbocycles. The molecule has 0 radical (unpaired) electrons. The first-order valence-electron chi connectivity index (χ1n) is 11.0. The van der Waals surface area contributed by atoms with Crippen molar-refractivity contribution < 1.29 is 23.8 Å². The molecule has 3 aromatic rings. The highest BCUT2D eigenvalue weighted by atomic mass is 35.5. The zero-order valence-electron chi connectivity index (χ0n) is 18.8. The number of carboxylic acids is 1. The predicted molar refractivity (Wildman–Crippen MR) is 128 cm³/mol. The van der Waals surface area contributed by atoms with Crippen molar-refractivity contribution in [1.29, 1.82) is 0 Å². The molecule has 0 saturated carbocycles. The highest BCUT2D eigenvalue weighted by Gasteiger charge is 2.35. The summed E-state index contributed by atoms with van der Waals surface area (Å²) in [4.78, 5) is 26.0. The Labute approximate surface area is 202 Å². The molecule has 5 nitrogen and oxygen atoms in total. The van der Waals surface area contributed by atoms with Crippen LogP contribution in [-0.4, -0.2) is 34.0 Å². The van der Waals surface area contributed by atoms with Crippen molar-refractivity contribution in [2.24, 2.45) is 0 Å². The molecule has 0 fully saturated rings. The SMILES string of the molecule is C[C@@]1(Cc2ccc(F)cc2)Cc2cc(C(=O)N(CCC(=O)O)Cc3ccc(Cl)cc3)ccc2O1. The van der Waals surface area contributed by atoms with E-state index >= 15 is 0 Å². The zero-order valence-corrected chi connectivity index (χ0v) is 19.5. The van der Waals surface area contributed by atoms with Gasteiger partial charge in [-0.15, -0.1) is 0 Å². The molecule has 7 heteroatoms. The van der Waals surface area contributed by atoms with E-state index in [9.17, 15) is 14.0 Å². The molecule has 176 valence electrons. The third-order valence-corrected chi connectivity index (χ3v) is 6.14. The van der Waals surface area contributed by atoms with Gasteiger partial charge in [-0.2, -0.15) is 0 Å². The van der Waals surface area contributed by atoms with Gasteiger partial charge in [0.05, 0.1) is 6.42 Å². The van der Waals surface area contributed by atoms with Crippen LogP contribution in [0.5, 0.6) is 5.75 Å². The van der Waals surface area contributed by atoms with Crippen LogP contribution in [0.2, 0.25) is 5.02 Å². The Morgan fingerprint density at radius 1 is 1.06 bits per heavy atom. The summed E-state index contributed by atoms with van der Waals surface area (Å²) in [5.74, 6) is -0.770. The molecule has 0 spiro atoms. The maximum atomic E-state index is 13.3. The predicted octanol–water partition coefficient (Wildman–Crippen LogP) is 5.53. The topological polar surface area (TPSA) is 66.8 Å². The zero-order chi connectivity index (χ0) is 24.3. The number of hydrogen-bond donors (Lipinski definition) is 1. The highest BCUT2D eigenvalue weighted by molar-refractivity contribution is 6.30. The number of carbonyl (C=O) groups is 2. The Kier molecular flexibility index (Phi) is 6.89. The number of amides is 1. The Balaban J connectivity index is 1.51. The van der Waals surface area contributed by atoms with Gasteiger partial charge in [0, 0.05) is 36.5 Å². The molecule has 0 bridgehead atoms. The van der Waals surface area contributed by atoms with E-state index in [2.05, 4.69) is 0 Å². The summed E-state index contributed by atoms with van der Waals surface area (Å²) in [6, 6.07) is 18.8. The van der Waals surface area contributed by atoms with Crippen molar-refractivity contribution in [2.75, 3.05) is 6.54 Å². The van der Waals surface area contributed by atoms with E-state index in [0.717, 1.165) is 22.4 Å². The number of benzene rings is 3. The maximum Gasteiger partial charge on any atom is 0.305 e. The minimum atomic E-state index is -0.965. The lowest BCUT2D eigenvalue weighted by Gasteiger charge is -2.24. The molecule has 0 saturated heterocycles. The fourth-order valence-corrected chi connectivity index (χ4v) is 4.39. The normalized spacial score (nSPS) is 16.6. The van der Waals surface area contributed by atoms with Crippen LogP contribution in [0.3, 0.4) is 0 Å². The smallest absolute Gasteiger partial charge is 0.305 e. The van der Waals surface area contributed by atoms with E-state index in [1.165, 1.54) is 17.0 Å². The van der Waals surface area contributed by atoms with Gasteiger partial charge in [-0.05, 0) is 66.1 Å². The van der Waals surface area contributed by atoms with E-state index < -0.39 is 11.6 Å². The van der Waals surface area contributed by atoms with Gasteiger partial charge in [-0.1, -0.05) is 35.9 Å². The summed E-state index contributed by atoms with van der Waals surface area (Å²) in [7, 11) is 0. The Hall–Kier alpha value is -3.38. The van der Waals surface area contributed by atoms with Gasteiger partial charge in [0.25, 0.3) is 5.91 Å². The van der Waals surface area contributed by atoms with Crippen molar-refractivity contribution >= 4 is 23.5 Å². The van der Waals surface area contributed by atoms with Crippen LogP contribution in [0.25, 0.3) is 0 Å². The molecule has 4 rings (SSSR count). The second kappa shape index (κ2) is 9.85. The van der Waals surface area contributed by atoms with Crippen LogP contribution in [0, 0.1) is 5.82 Å². The molecule has 1 heterocycles. The number of carbonyl (C=O) groups excluding carboxylic acids is 1. The van der Waals surface area contributed by atoms with E-state index in [4.69, 9.17) is 21.4 Å². The van der Waals surface area contributed by atoms with E-state index in [1.807, 2.05) is 25.1 Å². The summed E-state index contributed by atoms with van der Waals surface area (Å²) >= 11 is 5.96. The number of rotatable bonds is 8. The van der Waals surface area contributed by atoms with Crippen LogP contribution >= 0.6 is 11.6 Å². The maximum absolute atomic E-state index is 13.3. The standard InChI is InChI=1S/C27H25ClFNO4/c1-27(15-18-4-9-23(29)10-5-18)16-21-14-20(6-11-24(21)34-27)26(33)30(13-12-25(31)32)17-19-2-7-22(28)8-3-19/h2-11,14H,12-13,15-17H2,1H3,(H,31,32)/t27-/m1/s1. The molecular formula is C27H25ClFNO4. The van der Waals surface area contributed by atoms with Crippen molar-refractivity contribution in [2.45, 2.75) is 38.3 Å². The Morgan fingerprint density at radius 2 is 1.74 bits per heavy atom. The summed E-state index contributed by atoms with van der Waals surface area (Å²) < 4.78 is 19.4. The molecule has 1 atom stereocenters. The summed E-state index contributed by atoms with van der Waals surface area (Å²) in [6.45, 7) is 2.36. The lowest BCUT2D eigenvalue weighted by Crippen LogP contribution is -2.33. The minimum absolute atomic E-state index is 0.0899. The number of hydrogen-bond acceptors (Lipinski definition) is 3. The lowest BCUT2D eigenvalue weighted by molar-refractivity contribution is -0.137. The van der Waals surface area contributed by atoms with Crippen LogP contribution in [0.15, 0.2) is 66.7 Å². The molecule has 1 aliphatic heterocycles. The Morgan fingerprint density at radius 3 is 2.41 bits per heavy atom. The molecule has 0 unspecified atom stereocenters. The molecule has 3 aromatic carbocycles. The molecule has 34 heavy (non-hydrogen) atoms. The fraction of sp³-hybridized carbons (Fsp3) is 0.259. The van der Waals surface area contributed by atoms with Crippen LogP contribution in [0.1, 0.15) is 40.4 Å². The molecule has 1 aliphatic rings. The number of aliphatic carboxylic acids is 1. The van der Waals surface area contributed by atoms with Gasteiger partial charge < -0.3 is 14.7 Å². The van der Waals surface area contributed by atoms with Gasteiger partial charge in [0.15, 0.2) is 0 Å². The van der Waals surface area contributed by atoms with Crippen molar-refractivity contribution in [3.05, 3.63) is 99.8 Å². The van der Waals surface area contributed by atoms with Crippen LogP contribution < -0.4 is 4.74 Å². The van der Waals surface area contributed by atoms with Crippen molar-refractivity contribution in [3.63, 3.8) is 0 Å². The van der Waals surface area contributed by atoms with Crippen molar-refractivity contribution in [3.8, 4) is 5.75 Å². The quantitative estimate of drug-likeness (QED) is 0.459. The van der Waals surface area contributed by atoms with E-state index in [1.54, 1.807) is 36.4 Å². The second-order valence-corrected chi connectivity index (χ2v) is 9.29. The van der Waals surface area contributed by atoms with E-state index in [-0.39, 0.29) is 31.2 Å². The minimum Gasteiger partial charge on any atom is -0.487 e. The van der Waals surface area contributed by atoms with Crippen LogP contribution in [0.4, 0.5) is 4.39 Å². The van der Waals surface area contributed by atoms with Gasteiger partial charge in [-0.3, -0.25) is 9.59 Å². The van der Waals surface area contributed by atoms with Gasteiger partial charge in [0.2, 0.25) is 0 Å². The molecule has 1 amide bonds. The average Bonchev–Trinajstić information content (AvgIpc) is 3.13. The lowest BCUT2D eigenvalue weighted by atomic mass is 9.91. The summed E-state index contributed by atoms with van der Waals surface area (Å²) in [6.07, 6.45) is 1.06. The molecular weight excluding hydrogens is 457 g/mol. The van der Waals surface area contributed by atoms with Gasteiger partial charge >= 0.3 is 5.97 Å². The average molecular weight is 482 g/mol. The molecule has 0 aromatic heterocycles. The number of carboxylic acid groups (broad SMARTS) is 1. The van der Waals surface area contributed by atoms with Gasteiger partial charge in [-0.25, -0.2) is 4.39 Å². The first kappa shape index (κ1) is 23.8. The third-order valence-electron chi connectivity index (χ3n) is 5.89. The number of ether oxygens (including phenoxy) is 1. The summed E-state index contributed by atoms with van der Waals surface area (Å²) in [5.41, 5.74) is 2.72.